The molecule has 0 unspecified atom stereocenters. The molecule has 2 rings (SSSR count). The second kappa shape index (κ2) is 5.18. The van der Waals surface area contributed by atoms with Gasteiger partial charge in [-0.2, -0.15) is 0 Å². The number of aromatic nitrogens is 1. The number of phenolic OH excluding ortho intramolecular Hbond substituents is 1. The molecule has 0 saturated carbocycles. The highest BCUT2D eigenvalue weighted by molar-refractivity contribution is 7.07. The number of nitrogens with zero attached hydrogens (tertiary/aromatic N) is 2. The first kappa shape index (κ1) is 12.6. The van der Waals surface area contributed by atoms with Crippen LogP contribution in [-0.2, 0) is 6.54 Å². The molecule has 0 saturated heterocycles. The molecule has 0 atom stereocenters. The lowest BCUT2D eigenvalue weighted by Gasteiger charge is -2.16. The molecule has 0 aliphatic rings. The van der Waals surface area contributed by atoms with E-state index in [4.69, 9.17) is 0 Å². The number of phenols is 1. The standard InChI is InChI=1S/C13H14N2O2S/c1-9-3-4-12(16)11(5-9)13(17)15(2)6-10-7-18-8-14-10/h3-5,7-8,16H,6H2,1-2H3. The number of carbonyl (C=O) groups is 1. The fourth-order valence-corrected chi connectivity index (χ4v) is 2.21. The Labute approximate surface area is 110 Å². The summed E-state index contributed by atoms with van der Waals surface area (Å²) in [5.41, 5.74) is 3.85. The van der Waals surface area contributed by atoms with Crippen LogP contribution in [0.4, 0.5) is 0 Å². The van der Waals surface area contributed by atoms with Crippen molar-refractivity contribution < 1.29 is 9.90 Å². The first-order chi connectivity index (χ1) is 8.58. The number of carbonyl (C=O) groups excluding carboxylic acids is 1. The molecule has 4 nitrogen and oxygen atoms in total. The Morgan fingerprint density at radius 1 is 1.50 bits per heavy atom. The minimum atomic E-state index is -0.204. The van der Waals surface area contributed by atoms with E-state index in [1.165, 1.54) is 11.3 Å². The minimum Gasteiger partial charge on any atom is -0.507 e. The van der Waals surface area contributed by atoms with E-state index in [0.29, 0.717) is 12.1 Å². The maximum absolute atomic E-state index is 12.2. The van der Waals surface area contributed by atoms with E-state index >= 15 is 0 Å². The van der Waals surface area contributed by atoms with Crippen molar-refractivity contribution in [1.82, 2.24) is 9.88 Å². The second-order valence-corrected chi connectivity index (χ2v) is 4.88. The predicted octanol–water partition coefficient (Wildman–Crippen LogP) is 2.43. The van der Waals surface area contributed by atoms with Crippen LogP contribution in [0.3, 0.4) is 0 Å². The van der Waals surface area contributed by atoms with Crippen molar-refractivity contribution in [3.05, 3.63) is 45.9 Å². The van der Waals surface area contributed by atoms with Crippen molar-refractivity contribution in [2.24, 2.45) is 0 Å². The normalized spacial score (nSPS) is 10.3. The summed E-state index contributed by atoms with van der Waals surface area (Å²) in [6, 6.07) is 5.00. The highest BCUT2D eigenvalue weighted by Gasteiger charge is 2.16. The zero-order chi connectivity index (χ0) is 13.1. The zero-order valence-electron chi connectivity index (χ0n) is 10.3. The Morgan fingerprint density at radius 2 is 2.28 bits per heavy atom. The SMILES string of the molecule is Cc1ccc(O)c(C(=O)N(C)Cc2cscn2)c1. The van der Waals surface area contributed by atoms with Gasteiger partial charge in [0.25, 0.3) is 5.91 Å². The number of benzene rings is 1. The first-order valence-electron chi connectivity index (χ1n) is 5.50. The van der Waals surface area contributed by atoms with Crippen LogP contribution >= 0.6 is 11.3 Å². The summed E-state index contributed by atoms with van der Waals surface area (Å²) in [5, 5.41) is 11.6. The van der Waals surface area contributed by atoms with Crippen LogP contribution in [0, 0.1) is 6.92 Å². The van der Waals surface area contributed by atoms with Crippen molar-refractivity contribution in [1.29, 1.82) is 0 Å². The molecular formula is C13H14N2O2S. The first-order valence-corrected chi connectivity index (χ1v) is 6.44. The molecule has 94 valence electrons. The molecule has 0 radical (unpaired) electrons. The second-order valence-electron chi connectivity index (χ2n) is 4.16. The summed E-state index contributed by atoms with van der Waals surface area (Å²) in [5.74, 6) is -0.195. The average Bonchev–Trinajstić information content (AvgIpc) is 2.84. The quantitative estimate of drug-likeness (QED) is 0.924. The van der Waals surface area contributed by atoms with Gasteiger partial charge in [-0.25, -0.2) is 4.98 Å². The van der Waals surface area contributed by atoms with Crippen LogP contribution in [-0.4, -0.2) is 27.9 Å². The van der Waals surface area contributed by atoms with Gasteiger partial charge < -0.3 is 10.0 Å². The Kier molecular flexibility index (Phi) is 3.62. The molecule has 1 heterocycles. The van der Waals surface area contributed by atoms with Crippen molar-refractivity contribution in [2.45, 2.75) is 13.5 Å². The van der Waals surface area contributed by atoms with E-state index in [-0.39, 0.29) is 11.7 Å². The van der Waals surface area contributed by atoms with Crippen LogP contribution in [0.1, 0.15) is 21.6 Å². The molecule has 0 bridgehead atoms. The Bertz CT molecular complexity index is 552. The van der Waals surface area contributed by atoms with Gasteiger partial charge in [-0.15, -0.1) is 11.3 Å². The van der Waals surface area contributed by atoms with Crippen molar-refractivity contribution >= 4 is 17.2 Å². The molecule has 1 amide bonds. The topological polar surface area (TPSA) is 53.4 Å². The van der Waals surface area contributed by atoms with E-state index < -0.39 is 0 Å². The minimum absolute atomic E-state index is 0.00993. The molecule has 1 aromatic heterocycles. The highest BCUT2D eigenvalue weighted by Crippen LogP contribution is 2.20. The summed E-state index contributed by atoms with van der Waals surface area (Å²) >= 11 is 1.50. The van der Waals surface area contributed by atoms with Gasteiger partial charge in [0.1, 0.15) is 5.75 Å². The average molecular weight is 262 g/mol. The van der Waals surface area contributed by atoms with Gasteiger partial charge in [-0.1, -0.05) is 11.6 Å². The Hall–Kier alpha value is -1.88. The number of hydrogen-bond acceptors (Lipinski definition) is 4. The lowest BCUT2D eigenvalue weighted by atomic mass is 10.1. The van der Waals surface area contributed by atoms with Gasteiger partial charge in [-0.05, 0) is 19.1 Å². The summed E-state index contributed by atoms with van der Waals surface area (Å²) in [6.45, 7) is 2.33. The maximum Gasteiger partial charge on any atom is 0.257 e. The van der Waals surface area contributed by atoms with Crippen LogP contribution in [0.2, 0.25) is 0 Å². The smallest absolute Gasteiger partial charge is 0.257 e. The lowest BCUT2D eigenvalue weighted by Crippen LogP contribution is -2.26. The molecule has 2 aromatic rings. The van der Waals surface area contributed by atoms with Crippen LogP contribution in [0.25, 0.3) is 0 Å². The highest BCUT2D eigenvalue weighted by atomic mass is 32.1. The van der Waals surface area contributed by atoms with Crippen molar-refractivity contribution in [3.63, 3.8) is 0 Å². The third-order valence-electron chi connectivity index (χ3n) is 2.61. The Balaban J connectivity index is 2.17. The summed E-state index contributed by atoms with van der Waals surface area (Å²) in [7, 11) is 1.70. The van der Waals surface area contributed by atoms with Gasteiger partial charge in [0, 0.05) is 12.4 Å². The molecule has 0 aliphatic heterocycles. The van der Waals surface area contributed by atoms with Crippen molar-refractivity contribution in [2.75, 3.05) is 7.05 Å². The number of hydrogen-bond donors (Lipinski definition) is 1. The Morgan fingerprint density at radius 3 is 2.94 bits per heavy atom. The summed E-state index contributed by atoms with van der Waals surface area (Å²) in [4.78, 5) is 17.9. The molecule has 18 heavy (non-hydrogen) atoms. The van der Waals surface area contributed by atoms with Gasteiger partial charge in [0.15, 0.2) is 0 Å². The molecular weight excluding hydrogens is 248 g/mol. The molecule has 0 aliphatic carbocycles. The molecule has 0 fully saturated rings. The fourth-order valence-electron chi connectivity index (χ4n) is 1.66. The molecule has 0 spiro atoms. The van der Waals surface area contributed by atoms with Crippen LogP contribution in [0.5, 0.6) is 5.75 Å². The lowest BCUT2D eigenvalue weighted by molar-refractivity contribution is 0.0780. The largest absolute Gasteiger partial charge is 0.507 e. The van der Waals surface area contributed by atoms with Gasteiger partial charge in [0.2, 0.25) is 0 Å². The van der Waals surface area contributed by atoms with Crippen LogP contribution in [0.15, 0.2) is 29.1 Å². The number of rotatable bonds is 3. The van der Waals surface area contributed by atoms with E-state index in [1.807, 2.05) is 12.3 Å². The van der Waals surface area contributed by atoms with E-state index in [2.05, 4.69) is 4.98 Å². The summed E-state index contributed by atoms with van der Waals surface area (Å²) in [6.07, 6.45) is 0. The third kappa shape index (κ3) is 2.68. The van der Waals surface area contributed by atoms with E-state index in [1.54, 1.807) is 35.7 Å². The van der Waals surface area contributed by atoms with Crippen LogP contribution < -0.4 is 0 Å². The van der Waals surface area contributed by atoms with Crippen molar-refractivity contribution in [3.8, 4) is 5.75 Å². The van der Waals surface area contributed by atoms with E-state index in [0.717, 1.165) is 11.3 Å². The third-order valence-corrected chi connectivity index (χ3v) is 3.25. The predicted molar refractivity (Wildman–Crippen MR) is 70.8 cm³/mol. The van der Waals surface area contributed by atoms with E-state index in [9.17, 15) is 9.90 Å². The van der Waals surface area contributed by atoms with Gasteiger partial charge in [-0.3, -0.25) is 4.79 Å². The molecule has 1 aromatic carbocycles. The monoisotopic (exact) mass is 262 g/mol. The fraction of sp³-hybridized carbons (Fsp3) is 0.231. The number of aromatic hydroxyl groups is 1. The molecule has 5 heteroatoms. The number of aryl methyl sites for hydroxylation is 1. The maximum atomic E-state index is 12.2. The number of amides is 1. The number of thiazole rings is 1. The summed E-state index contributed by atoms with van der Waals surface area (Å²) < 4.78 is 0. The van der Waals surface area contributed by atoms with Gasteiger partial charge >= 0.3 is 0 Å². The molecule has 1 N–H and O–H groups in total. The zero-order valence-corrected chi connectivity index (χ0v) is 11.1. The van der Waals surface area contributed by atoms with Gasteiger partial charge in [0.05, 0.1) is 23.3 Å².